The van der Waals surface area contributed by atoms with Crippen molar-refractivity contribution in [3.63, 3.8) is 0 Å². The first-order valence-corrected chi connectivity index (χ1v) is 12.9. The maximum atomic E-state index is 14.7. The molecule has 1 atom stereocenters. The molecule has 2 heterocycles. The average Bonchev–Trinajstić information content (AvgIpc) is 3.65. The van der Waals surface area contributed by atoms with Crippen LogP contribution in [0.15, 0.2) is 71.3 Å². The Morgan fingerprint density at radius 2 is 1.73 bits per heavy atom. The van der Waals surface area contributed by atoms with E-state index in [9.17, 15) is 14.0 Å². The normalized spacial score (nSPS) is 16.9. The Bertz CT molecular complexity index is 1190. The Balaban J connectivity index is 1.51. The highest BCUT2D eigenvalue weighted by molar-refractivity contribution is 5.96. The number of hydrogen-bond donors (Lipinski definition) is 1. The number of amides is 2. The third kappa shape index (κ3) is 5.85. The summed E-state index contributed by atoms with van der Waals surface area (Å²) >= 11 is 0. The summed E-state index contributed by atoms with van der Waals surface area (Å²) in [5, 5.41) is 3.15. The molecule has 2 aromatic carbocycles. The molecule has 1 aromatic heterocycles. The molecule has 8 heteroatoms. The monoisotopic (exact) mass is 505 g/mol. The molecule has 37 heavy (non-hydrogen) atoms. The topological polar surface area (TPSA) is 75.0 Å². The SMILES string of the molecule is O=C(NC1CCCC1)C(c1ccc(N2CCOCC2)cc1)N(Cc1ccccc1F)C(=O)c1ccco1. The lowest BCUT2D eigenvalue weighted by Gasteiger charge is -2.33. The molecule has 1 saturated heterocycles. The molecule has 1 unspecified atom stereocenters. The number of rotatable bonds is 8. The first-order chi connectivity index (χ1) is 18.1. The van der Waals surface area contributed by atoms with Crippen LogP contribution < -0.4 is 10.2 Å². The van der Waals surface area contributed by atoms with Crippen LogP contribution in [0.2, 0.25) is 0 Å². The van der Waals surface area contributed by atoms with Gasteiger partial charge in [-0.2, -0.15) is 0 Å². The summed E-state index contributed by atoms with van der Waals surface area (Å²) in [5.74, 6) is -1.09. The van der Waals surface area contributed by atoms with Crippen molar-refractivity contribution in [3.8, 4) is 0 Å². The summed E-state index contributed by atoms with van der Waals surface area (Å²) in [5.41, 5.74) is 2.01. The van der Waals surface area contributed by atoms with Crippen molar-refractivity contribution in [1.82, 2.24) is 10.2 Å². The van der Waals surface area contributed by atoms with Gasteiger partial charge in [0.1, 0.15) is 11.9 Å². The third-order valence-electron chi connectivity index (χ3n) is 7.14. The highest BCUT2D eigenvalue weighted by atomic mass is 19.1. The summed E-state index contributed by atoms with van der Waals surface area (Å²) in [6.07, 6.45) is 5.36. The van der Waals surface area contributed by atoms with Gasteiger partial charge in [-0.05, 0) is 48.7 Å². The first kappa shape index (κ1) is 25.0. The number of furan rings is 1. The molecular weight excluding hydrogens is 473 g/mol. The van der Waals surface area contributed by atoms with Crippen molar-refractivity contribution in [2.24, 2.45) is 0 Å². The zero-order valence-corrected chi connectivity index (χ0v) is 20.8. The minimum Gasteiger partial charge on any atom is -0.459 e. The lowest BCUT2D eigenvalue weighted by atomic mass is 10.0. The van der Waals surface area contributed by atoms with E-state index in [1.54, 1.807) is 30.3 Å². The maximum absolute atomic E-state index is 14.7. The van der Waals surface area contributed by atoms with Gasteiger partial charge >= 0.3 is 0 Å². The minimum atomic E-state index is -0.962. The highest BCUT2D eigenvalue weighted by Gasteiger charge is 2.35. The van der Waals surface area contributed by atoms with Gasteiger partial charge in [-0.25, -0.2) is 4.39 Å². The molecule has 2 amide bonds. The van der Waals surface area contributed by atoms with Gasteiger partial charge in [0.25, 0.3) is 5.91 Å². The largest absolute Gasteiger partial charge is 0.459 e. The Morgan fingerprint density at radius 1 is 1.00 bits per heavy atom. The van der Waals surface area contributed by atoms with Crippen LogP contribution in [-0.2, 0) is 16.1 Å². The second kappa shape index (κ2) is 11.6. The van der Waals surface area contributed by atoms with Crippen molar-refractivity contribution in [3.05, 3.63) is 89.6 Å². The number of anilines is 1. The predicted octanol–water partition coefficient (Wildman–Crippen LogP) is 4.70. The Morgan fingerprint density at radius 3 is 2.41 bits per heavy atom. The fourth-order valence-electron chi connectivity index (χ4n) is 5.14. The smallest absolute Gasteiger partial charge is 0.290 e. The Kier molecular flexibility index (Phi) is 7.84. The molecule has 1 N–H and O–H groups in total. The molecule has 0 spiro atoms. The molecule has 2 aliphatic rings. The number of benzene rings is 2. The van der Waals surface area contributed by atoms with E-state index in [1.807, 2.05) is 24.3 Å². The van der Waals surface area contributed by atoms with Gasteiger partial charge in [-0.15, -0.1) is 0 Å². The fourth-order valence-corrected chi connectivity index (χ4v) is 5.14. The predicted molar refractivity (Wildman–Crippen MR) is 138 cm³/mol. The van der Waals surface area contributed by atoms with Crippen molar-refractivity contribution < 1.29 is 23.1 Å². The number of morpholine rings is 1. The third-order valence-corrected chi connectivity index (χ3v) is 7.14. The molecule has 0 radical (unpaired) electrons. The summed E-state index contributed by atoms with van der Waals surface area (Å²) in [6, 6.07) is 16.3. The molecule has 3 aromatic rings. The molecule has 0 bridgehead atoms. The molecular formula is C29H32FN3O4. The van der Waals surface area contributed by atoms with Crippen LogP contribution in [0.1, 0.15) is 53.4 Å². The van der Waals surface area contributed by atoms with E-state index in [-0.39, 0.29) is 24.3 Å². The van der Waals surface area contributed by atoms with E-state index >= 15 is 0 Å². The molecule has 194 valence electrons. The number of hydrogen-bond acceptors (Lipinski definition) is 5. The number of nitrogens with one attached hydrogen (secondary N) is 1. The van der Waals surface area contributed by atoms with Crippen LogP contribution in [0, 0.1) is 5.82 Å². The molecule has 1 aliphatic heterocycles. The second-order valence-corrected chi connectivity index (χ2v) is 9.59. The quantitative estimate of drug-likeness (QED) is 0.481. The number of ether oxygens (including phenoxy) is 1. The van der Waals surface area contributed by atoms with Gasteiger partial charge in [-0.3, -0.25) is 9.59 Å². The molecule has 1 aliphatic carbocycles. The van der Waals surface area contributed by atoms with Crippen molar-refractivity contribution in [2.45, 2.75) is 44.3 Å². The fraction of sp³-hybridized carbons (Fsp3) is 0.379. The molecule has 1 saturated carbocycles. The maximum Gasteiger partial charge on any atom is 0.290 e. The zero-order valence-electron chi connectivity index (χ0n) is 20.8. The number of halogens is 1. The van der Waals surface area contributed by atoms with E-state index in [0.29, 0.717) is 24.3 Å². The minimum absolute atomic E-state index is 0.0663. The number of carbonyl (C=O) groups is 2. The van der Waals surface area contributed by atoms with Gasteiger partial charge in [0.2, 0.25) is 5.91 Å². The van der Waals surface area contributed by atoms with Gasteiger partial charge in [0.15, 0.2) is 5.76 Å². The standard InChI is InChI=1S/C29H32FN3O4/c30-25-9-4-1-6-22(25)20-33(29(35)26-10-5-17-37-26)27(28(34)31-23-7-2-3-8-23)21-11-13-24(14-12-21)32-15-18-36-19-16-32/h1,4-6,9-14,17,23,27H,2-3,7-8,15-16,18-20H2,(H,31,34). The molecule has 5 rings (SSSR count). The van der Waals surface area contributed by atoms with Crippen LogP contribution in [-0.4, -0.2) is 49.1 Å². The summed E-state index contributed by atoms with van der Waals surface area (Å²) < 4.78 is 25.6. The van der Waals surface area contributed by atoms with Gasteiger partial charge in [0.05, 0.1) is 26.0 Å². The molecule has 7 nitrogen and oxygen atoms in total. The molecule has 2 fully saturated rings. The van der Waals surface area contributed by atoms with E-state index in [2.05, 4.69) is 10.2 Å². The van der Waals surface area contributed by atoms with Crippen LogP contribution >= 0.6 is 0 Å². The van der Waals surface area contributed by atoms with Crippen LogP contribution in [0.25, 0.3) is 0 Å². The van der Waals surface area contributed by atoms with Crippen LogP contribution in [0.4, 0.5) is 10.1 Å². The van der Waals surface area contributed by atoms with E-state index in [1.165, 1.54) is 17.2 Å². The first-order valence-electron chi connectivity index (χ1n) is 12.9. The van der Waals surface area contributed by atoms with E-state index in [4.69, 9.17) is 9.15 Å². The van der Waals surface area contributed by atoms with E-state index < -0.39 is 17.8 Å². The van der Waals surface area contributed by atoms with Gasteiger partial charge in [0, 0.05) is 30.4 Å². The summed E-state index contributed by atoms with van der Waals surface area (Å²) in [7, 11) is 0. The van der Waals surface area contributed by atoms with Crippen molar-refractivity contribution in [2.75, 3.05) is 31.2 Å². The van der Waals surface area contributed by atoms with Crippen LogP contribution in [0.3, 0.4) is 0 Å². The second-order valence-electron chi connectivity index (χ2n) is 9.59. The van der Waals surface area contributed by atoms with E-state index in [0.717, 1.165) is 44.5 Å². The van der Waals surface area contributed by atoms with Gasteiger partial charge < -0.3 is 24.3 Å². The highest BCUT2D eigenvalue weighted by Crippen LogP contribution is 2.30. The lowest BCUT2D eigenvalue weighted by Crippen LogP contribution is -2.46. The van der Waals surface area contributed by atoms with Crippen LogP contribution in [0.5, 0.6) is 0 Å². The average molecular weight is 506 g/mol. The zero-order chi connectivity index (χ0) is 25.6. The Labute approximate surface area is 216 Å². The van der Waals surface area contributed by atoms with Gasteiger partial charge in [-0.1, -0.05) is 43.2 Å². The lowest BCUT2D eigenvalue weighted by molar-refractivity contribution is -0.126. The van der Waals surface area contributed by atoms with Crippen molar-refractivity contribution >= 4 is 17.5 Å². The summed E-state index contributed by atoms with van der Waals surface area (Å²) in [4.78, 5) is 31.2. The summed E-state index contributed by atoms with van der Waals surface area (Å²) in [6.45, 7) is 2.84. The Hall–Kier alpha value is -3.65. The van der Waals surface area contributed by atoms with Crippen molar-refractivity contribution in [1.29, 1.82) is 0 Å². The number of nitrogens with zero attached hydrogens (tertiary/aromatic N) is 2. The number of carbonyl (C=O) groups excluding carboxylic acids is 2.